The van der Waals surface area contributed by atoms with Crippen molar-refractivity contribution in [3.63, 3.8) is 0 Å². The van der Waals surface area contributed by atoms with Crippen LogP contribution >= 0.6 is 0 Å². The number of para-hydroxylation sites is 1. The highest BCUT2D eigenvalue weighted by Gasteiger charge is 2.41. The molecule has 0 bridgehead atoms. The second-order valence-corrected chi connectivity index (χ2v) is 8.50. The monoisotopic (exact) mass is 371 g/mol. The van der Waals surface area contributed by atoms with Crippen molar-refractivity contribution in [3.8, 4) is 0 Å². The Kier molecular flexibility index (Phi) is 5.69. The fourth-order valence-electron chi connectivity index (χ4n) is 5.07. The first-order chi connectivity index (χ1) is 13.2. The zero-order chi connectivity index (χ0) is 18.7. The summed E-state index contributed by atoms with van der Waals surface area (Å²) in [7, 11) is 0. The minimum absolute atomic E-state index is 0.00479. The number of piperazine rings is 1. The van der Waals surface area contributed by atoms with Gasteiger partial charge in [0.15, 0.2) is 0 Å². The first-order valence-electron chi connectivity index (χ1n) is 10.7. The third-order valence-electron chi connectivity index (χ3n) is 6.71. The average Bonchev–Trinajstić information content (AvgIpc) is 2.74. The van der Waals surface area contributed by atoms with Crippen molar-refractivity contribution in [2.45, 2.75) is 56.6 Å². The molecule has 4 rings (SSSR count). The number of carbonyl (C=O) groups is 1. The maximum atomic E-state index is 13.0. The van der Waals surface area contributed by atoms with Gasteiger partial charge in [0.2, 0.25) is 0 Å². The van der Waals surface area contributed by atoms with Gasteiger partial charge in [-0.2, -0.15) is 0 Å². The molecule has 148 valence electrons. The lowest BCUT2D eigenvalue weighted by atomic mass is 9.83. The van der Waals surface area contributed by atoms with Gasteiger partial charge in [-0.05, 0) is 37.8 Å². The molecular formula is C22H33N3O2. The summed E-state index contributed by atoms with van der Waals surface area (Å²) in [6, 6.07) is 11.1. The number of anilines is 1. The second-order valence-electron chi connectivity index (χ2n) is 8.50. The predicted molar refractivity (Wildman–Crippen MR) is 108 cm³/mol. The Balaban J connectivity index is 1.33. The Hall–Kier alpha value is -1.59. The molecule has 2 saturated heterocycles. The molecule has 1 aromatic rings. The highest BCUT2D eigenvalue weighted by molar-refractivity contribution is 5.85. The van der Waals surface area contributed by atoms with Gasteiger partial charge in [-0.1, -0.05) is 37.5 Å². The van der Waals surface area contributed by atoms with Crippen LogP contribution in [0.2, 0.25) is 0 Å². The molecule has 2 aliphatic heterocycles. The summed E-state index contributed by atoms with van der Waals surface area (Å²) >= 11 is 0. The van der Waals surface area contributed by atoms with E-state index >= 15 is 0 Å². The molecule has 1 aromatic carbocycles. The number of amides is 1. The topological polar surface area (TPSA) is 47.0 Å². The van der Waals surface area contributed by atoms with Crippen molar-refractivity contribution in [1.82, 2.24) is 9.80 Å². The lowest BCUT2D eigenvalue weighted by Crippen LogP contribution is -2.59. The third-order valence-corrected chi connectivity index (χ3v) is 6.71. The van der Waals surface area contributed by atoms with Crippen LogP contribution in [0.5, 0.6) is 0 Å². The summed E-state index contributed by atoms with van der Waals surface area (Å²) in [5.41, 5.74) is 0.212. The molecular weight excluding hydrogens is 338 g/mol. The van der Waals surface area contributed by atoms with Gasteiger partial charge in [0, 0.05) is 51.0 Å². The summed E-state index contributed by atoms with van der Waals surface area (Å²) in [5.74, 6) is -0.00479. The van der Waals surface area contributed by atoms with Crippen molar-refractivity contribution in [3.05, 3.63) is 30.3 Å². The highest BCUT2D eigenvalue weighted by atomic mass is 16.3. The van der Waals surface area contributed by atoms with Crippen molar-refractivity contribution in [1.29, 1.82) is 0 Å². The second kappa shape index (κ2) is 8.19. The van der Waals surface area contributed by atoms with Gasteiger partial charge in [-0.3, -0.25) is 9.69 Å². The van der Waals surface area contributed by atoms with Gasteiger partial charge in [0.25, 0.3) is 5.91 Å². The number of hydrogen-bond donors (Lipinski definition) is 1. The quantitative estimate of drug-likeness (QED) is 0.887. The van der Waals surface area contributed by atoms with E-state index in [2.05, 4.69) is 40.1 Å². The number of piperidine rings is 1. The van der Waals surface area contributed by atoms with E-state index in [1.54, 1.807) is 0 Å². The van der Waals surface area contributed by atoms with Gasteiger partial charge >= 0.3 is 0 Å². The molecule has 1 aliphatic carbocycles. The molecule has 1 saturated carbocycles. The Labute approximate surface area is 162 Å². The molecule has 5 heteroatoms. The van der Waals surface area contributed by atoms with E-state index in [-0.39, 0.29) is 5.91 Å². The lowest BCUT2D eigenvalue weighted by molar-refractivity contribution is -0.157. The van der Waals surface area contributed by atoms with E-state index in [1.165, 1.54) is 5.69 Å². The van der Waals surface area contributed by atoms with E-state index < -0.39 is 5.60 Å². The van der Waals surface area contributed by atoms with Crippen LogP contribution in [0, 0.1) is 0 Å². The molecule has 5 nitrogen and oxygen atoms in total. The van der Waals surface area contributed by atoms with Crippen molar-refractivity contribution in [2.75, 3.05) is 44.2 Å². The first kappa shape index (κ1) is 18.8. The summed E-state index contributed by atoms with van der Waals surface area (Å²) in [4.78, 5) is 20.0. The molecule has 0 unspecified atom stereocenters. The first-order valence-corrected chi connectivity index (χ1v) is 10.7. The molecule has 27 heavy (non-hydrogen) atoms. The Morgan fingerprint density at radius 3 is 2.33 bits per heavy atom. The summed E-state index contributed by atoms with van der Waals surface area (Å²) < 4.78 is 0. The summed E-state index contributed by atoms with van der Waals surface area (Å²) in [5, 5.41) is 10.8. The zero-order valence-electron chi connectivity index (χ0n) is 16.4. The summed E-state index contributed by atoms with van der Waals surface area (Å²) in [6.45, 7) is 5.77. The standard InChI is InChI=1S/C22H33N3O2/c26-21(22(27)11-5-2-6-12-22)25-13-7-10-20(18-25)24-16-14-23(15-17-24)19-8-3-1-4-9-19/h1,3-4,8-9,20,27H,2,5-7,10-18H2/t20-/m0/s1. The molecule has 0 spiro atoms. The van der Waals surface area contributed by atoms with Gasteiger partial charge < -0.3 is 14.9 Å². The Morgan fingerprint density at radius 2 is 1.63 bits per heavy atom. The van der Waals surface area contributed by atoms with Crippen LogP contribution in [0.25, 0.3) is 0 Å². The van der Waals surface area contributed by atoms with Crippen molar-refractivity contribution >= 4 is 11.6 Å². The van der Waals surface area contributed by atoms with Crippen LogP contribution < -0.4 is 4.90 Å². The minimum Gasteiger partial charge on any atom is -0.380 e. The van der Waals surface area contributed by atoms with Gasteiger partial charge in [0.05, 0.1) is 0 Å². The molecule has 2 heterocycles. The number of carbonyl (C=O) groups excluding carboxylic acids is 1. The fraction of sp³-hybridized carbons (Fsp3) is 0.682. The minimum atomic E-state index is -1.09. The van der Waals surface area contributed by atoms with E-state index in [0.717, 1.165) is 71.4 Å². The molecule has 3 aliphatic rings. The van der Waals surface area contributed by atoms with Crippen LogP contribution in [0.3, 0.4) is 0 Å². The SMILES string of the molecule is O=C(N1CCC[C@H](N2CCN(c3ccccc3)CC2)C1)C1(O)CCCCC1. The van der Waals surface area contributed by atoms with Gasteiger partial charge in [-0.15, -0.1) is 0 Å². The van der Waals surface area contributed by atoms with Crippen LogP contribution in [0.1, 0.15) is 44.9 Å². The van der Waals surface area contributed by atoms with Crippen LogP contribution in [0.4, 0.5) is 5.69 Å². The fourth-order valence-corrected chi connectivity index (χ4v) is 5.07. The number of nitrogens with zero attached hydrogens (tertiary/aromatic N) is 3. The van der Waals surface area contributed by atoms with E-state index in [4.69, 9.17) is 0 Å². The molecule has 3 fully saturated rings. The highest BCUT2D eigenvalue weighted by Crippen LogP contribution is 2.31. The zero-order valence-corrected chi connectivity index (χ0v) is 16.4. The number of hydrogen-bond acceptors (Lipinski definition) is 4. The normalized spacial score (nSPS) is 26.8. The molecule has 1 N–H and O–H groups in total. The smallest absolute Gasteiger partial charge is 0.254 e. The predicted octanol–water partition coefficient (Wildman–Crippen LogP) is 2.49. The van der Waals surface area contributed by atoms with Gasteiger partial charge in [0.1, 0.15) is 5.60 Å². The van der Waals surface area contributed by atoms with E-state index in [0.29, 0.717) is 18.9 Å². The maximum Gasteiger partial charge on any atom is 0.254 e. The van der Waals surface area contributed by atoms with Crippen LogP contribution in [0.15, 0.2) is 30.3 Å². The molecule has 1 atom stereocenters. The number of rotatable bonds is 3. The van der Waals surface area contributed by atoms with Crippen molar-refractivity contribution in [2.24, 2.45) is 0 Å². The summed E-state index contributed by atoms with van der Waals surface area (Å²) in [6.07, 6.45) is 6.58. The number of aliphatic hydroxyl groups is 1. The lowest BCUT2D eigenvalue weighted by Gasteiger charge is -2.45. The maximum absolute atomic E-state index is 13.0. The average molecular weight is 372 g/mol. The number of benzene rings is 1. The third kappa shape index (κ3) is 4.14. The van der Waals surface area contributed by atoms with E-state index in [9.17, 15) is 9.90 Å². The van der Waals surface area contributed by atoms with Crippen LogP contribution in [-0.4, -0.2) is 71.7 Å². The molecule has 0 aromatic heterocycles. The van der Waals surface area contributed by atoms with E-state index in [1.807, 2.05) is 4.90 Å². The van der Waals surface area contributed by atoms with Crippen LogP contribution in [-0.2, 0) is 4.79 Å². The largest absolute Gasteiger partial charge is 0.380 e. The Morgan fingerprint density at radius 1 is 0.926 bits per heavy atom. The molecule has 0 radical (unpaired) electrons. The van der Waals surface area contributed by atoms with Crippen molar-refractivity contribution < 1.29 is 9.90 Å². The number of likely N-dealkylation sites (tertiary alicyclic amines) is 1. The Bertz CT molecular complexity index is 622. The van der Waals surface area contributed by atoms with Gasteiger partial charge in [-0.25, -0.2) is 0 Å². The molecule has 1 amide bonds.